The first-order chi connectivity index (χ1) is 29.1. The Morgan fingerprint density at radius 2 is 0.869 bits per heavy atom. The molecule has 13 N–H and O–H groups in total. The average molecular weight is 841 g/mol. The van der Waals surface area contributed by atoms with Gasteiger partial charge < -0.3 is 80.6 Å². The third-order valence-electron chi connectivity index (χ3n) is 12.7. The molecule has 5 aromatic rings. The Morgan fingerprint density at radius 1 is 0.410 bits per heavy atom. The Hall–Kier alpha value is -6.30. The number of aliphatic hydroxyl groups excluding tert-OH is 5. The van der Waals surface area contributed by atoms with E-state index in [4.69, 9.17) is 14.2 Å². The van der Waals surface area contributed by atoms with Crippen LogP contribution >= 0.6 is 0 Å². The number of hydrogen-bond acceptors (Lipinski definition) is 16. The Balaban J connectivity index is 1.22. The molecule has 1 saturated carbocycles. The van der Waals surface area contributed by atoms with Crippen molar-refractivity contribution in [2.45, 2.75) is 86.4 Å². The van der Waals surface area contributed by atoms with E-state index in [0.29, 0.717) is 31.2 Å². The molecule has 9 rings (SSSR count). The third-order valence-corrected chi connectivity index (χ3v) is 12.7. The Kier molecular flexibility index (Phi) is 9.87. The molecule has 1 fully saturated rings. The van der Waals surface area contributed by atoms with Crippen molar-refractivity contribution in [1.29, 1.82) is 0 Å². The van der Waals surface area contributed by atoms with Crippen LogP contribution in [0.4, 0.5) is 0 Å². The summed E-state index contributed by atoms with van der Waals surface area (Å²) in [6, 6.07) is 16.2. The molecule has 9 atom stereocenters. The summed E-state index contributed by atoms with van der Waals surface area (Å²) in [7, 11) is 0. The summed E-state index contributed by atoms with van der Waals surface area (Å²) in [4.78, 5) is 0. The molecule has 1 aliphatic carbocycles. The van der Waals surface area contributed by atoms with Crippen LogP contribution in [-0.4, -0.2) is 96.9 Å². The van der Waals surface area contributed by atoms with E-state index in [0.717, 1.165) is 6.07 Å². The summed E-state index contributed by atoms with van der Waals surface area (Å²) in [6.07, 6.45) is -8.78. The van der Waals surface area contributed by atoms with Gasteiger partial charge in [0.05, 0.1) is 6.10 Å². The van der Waals surface area contributed by atoms with Crippen LogP contribution in [-0.2, 0) is 0 Å². The maximum atomic E-state index is 12.3. The van der Waals surface area contributed by atoms with Crippen molar-refractivity contribution in [3.8, 4) is 63.2 Å². The monoisotopic (exact) mass is 840 g/mol. The van der Waals surface area contributed by atoms with Crippen LogP contribution in [0.5, 0.6) is 63.2 Å². The van der Waals surface area contributed by atoms with E-state index >= 15 is 0 Å². The van der Waals surface area contributed by atoms with E-state index < -0.39 is 95.2 Å². The number of aromatic hydroxyl groups is 8. The van der Waals surface area contributed by atoms with Crippen molar-refractivity contribution < 1.29 is 80.6 Å². The van der Waals surface area contributed by atoms with Crippen LogP contribution in [0.25, 0.3) is 0 Å². The van der Waals surface area contributed by atoms with Gasteiger partial charge >= 0.3 is 0 Å². The molecule has 0 amide bonds. The zero-order valence-electron chi connectivity index (χ0n) is 32.1. The molecule has 0 aromatic heterocycles. The van der Waals surface area contributed by atoms with Crippen LogP contribution in [0.3, 0.4) is 0 Å². The lowest BCUT2D eigenvalue weighted by Crippen LogP contribution is -2.46. The van der Waals surface area contributed by atoms with Gasteiger partial charge in [0.2, 0.25) is 17.2 Å². The van der Waals surface area contributed by atoms with Gasteiger partial charge in [-0.25, -0.2) is 0 Å². The minimum atomic E-state index is -1.69. The number of hydrogen-bond donors (Lipinski definition) is 13. The normalized spacial score (nSPS) is 29.2. The topological polar surface area (TPSA) is 291 Å². The predicted octanol–water partition coefficient (Wildman–Crippen LogP) is 4.29. The van der Waals surface area contributed by atoms with Crippen LogP contribution in [0, 0.1) is 5.92 Å². The summed E-state index contributed by atoms with van der Waals surface area (Å²) in [5, 5.41) is 146. The molecular weight excluding hydrogens is 796 g/mol. The van der Waals surface area contributed by atoms with Gasteiger partial charge in [0.15, 0.2) is 46.7 Å². The zero-order chi connectivity index (χ0) is 43.2. The molecular formula is C45H44O16. The van der Waals surface area contributed by atoms with Crippen LogP contribution < -0.4 is 14.2 Å². The summed E-state index contributed by atoms with van der Waals surface area (Å²) >= 11 is 0. The van der Waals surface area contributed by atoms with E-state index in [-0.39, 0.29) is 68.0 Å². The number of phenolic OH excluding ortho intramolecular Hbond substituents is 8. The number of phenols is 8. The van der Waals surface area contributed by atoms with Crippen LogP contribution in [0.2, 0.25) is 0 Å². The van der Waals surface area contributed by atoms with Crippen molar-refractivity contribution >= 4 is 0 Å². The molecule has 5 aromatic carbocycles. The molecule has 0 saturated heterocycles. The molecule has 16 heteroatoms. The smallest absolute Gasteiger partial charge is 0.201 e. The minimum Gasteiger partial charge on any atom is -0.508 e. The molecule has 0 spiro atoms. The highest BCUT2D eigenvalue weighted by molar-refractivity contribution is 5.69. The molecule has 0 radical (unpaired) electrons. The predicted molar refractivity (Wildman–Crippen MR) is 211 cm³/mol. The van der Waals surface area contributed by atoms with Crippen LogP contribution in [0.1, 0.15) is 94.8 Å². The lowest BCUT2D eigenvalue weighted by atomic mass is 9.74. The Bertz CT molecular complexity index is 2480. The number of benzene rings is 5. The van der Waals surface area contributed by atoms with E-state index in [1.54, 1.807) is 0 Å². The summed E-state index contributed by atoms with van der Waals surface area (Å²) < 4.78 is 18.4. The molecule has 320 valence electrons. The van der Waals surface area contributed by atoms with Gasteiger partial charge in [0.1, 0.15) is 42.0 Å². The first kappa shape index (κ1) is 40.1. The summed E-state index contributed by atoms with van der Waals surface area (Å²) in [6.45, 7) is 0. The number of rotatable bonds is 5. The van der Waals surface area contributed by atoms with Gasteiger partial charge in [-0.1, -0.05) is 30.3 Å². The molecule has 0 unspecified atom stereocenters. The highest BCUT2D eigenvalue weighted by Gasteiger charge is 2.49. The van der Waals surface area contributed by atoms with E-state index in [1.165, 1.54) is 66.7 Å². The summed E-state index contributed by atoms with van der Waals surface area (Å²) in [5.41, 5.74) is 0.0400. The highest BCUT2D eigenvalue weighted by atomic mass is 16.5. The van der Waals surface area contributed by atoms with E-state index in [2.05, 4.69) is 0 Å². The van der Waals surface area contributed by atoms with Gasteiger partial charge in [-0.15, -0.1) is 0 Å². The molecule has 3 heterocycles. The fraction of sp³-hybridized carbons (Fsp3) is 0.333. The molecule has 61 heavy (non-hydrogen) atoms. The van der Waals surface area contributed by atoms with Crippen molar-refractivity contribution in [2.24, 2.45) is 5.92 Å². The van der Waals surface area contributed by atoms with Crippen molar-refractivity contribution in [2.75, 3.05) is 0 Å². The lowest BCUT2D eigenvalue weighted by molar-refractivity contribution is -0.0981. The largest absolute Gasteiger partial charge is 0.508 e. The number of aliphatic hydroxyl groups is 5. The van der Waals surface area contributed by atoms with Gasteiger partial charge in [-0.05, 0) is 85.2 Å². The third kappa shape index (κ3) is 6.49. The first-order valence-electron chi connectivity index (χ1n) is 19.8. The van der Waals surface area contributed by atoms with Gasteiger partial charge in [-0.3, -0.25) is 0 Å². The van der Waals surface area contributed by atoms with Crippen LogP contribution in [0.15, 0.2) is 72.8 Å². The van der Waals surface area contributed by atoms with E-state index in [9.17, 15) is 66.4 Å². The molecule has 16 nitrogen and oxygen atoms in total. The standard InChI is InChI=1S/C45H44O16/c46-20-7-1-17(2-8-20)40-35(54)29(23-13-14-28(49)34(53)43(23)59-40)24-15-26-30(36(55)41(18-3-9-21(47)10-4-18)60-44(26)38(57)31(24)50)25-16-27-33(52)37(56)42(19-5-11-22(48)12-6-19)61-45(27)39(58)32(25)51/h1-4,7-10,13-16,19,22,29-30,33,35-37,40-42,46-58H,5-6,11-12H2/t19?,22?,29-,30-,33-,35-,36+,37-,40-,41-,42-/m1/s1. The van der Waals surface area contributed by atoms with Crippen molar-refractivity contribution in [1.82, 2.24) is 0 Å². The van der Waals surface area contributed by atoms with Gasteiger partial charge in [-0.2, -0.15) is 0 Å². The Labute approximate surface area is 347 Å². The fourth-order valence-electron chi connectivity index (χ4n) is 9.53. The molecule has 4 aliphatic rings. The van der Waals surface area contributed by atoms with E-state index in [1.807, 2.05) is 0 Å². The SMILES string of the molecule is Oc1ccc([C@H]2Oc3c(ccc(O)c3O)[C@H](c3cc4c(c(O)c3O)O[C@H](c3ccc(O)cc3)[C@@H](O)[C@@H]4c3cc4c(c(O)c3O)O[C@H](C3CCC(O)CC3)[C@H](O)[C@@H]4O)[C@H]2O)cc1. The second-order valence-electron chi connectivity index (χ2n) is 16.3. The minimum absolute atomic E-state index is 0.0637. The van der Waals surface area contributed by atoms with Crippen molar-refractivity contribution in [3.63, 3.8) is 0 Å². The zero-order valence-corrected chi connectivity index (χ0v) is 32.1. The lowest BCUT2D eigenvalue weighted by Gasteiger charge is -2.42. The second-order valence-corrected chi connectivity index (χ2v) is 16.3. The van der Waals surface area contributed by atoms with Gasteiger partial charge in [0, 0.05) is 39.7 Å². The average Bonchev–Trinajstić information content (AvgIpc) is 3.24. The molecule has 3 aliphatic heterocycles. The summed E-state index contributed by atoms with van der Waals surface area (Å²) in [5.74, 6) is -8.78. The van der Waals surface area contributed by atoms with Crippen molar-refractivity contribution in [3.05, 3.63) is 112 Å². The highest BCUT2D eigenvalue weighted by Crippen LogP contribution is 2.60. The van der Waals surface area contributed by atoms with Gasteiger partial charge in [0.25, 0.3) is 0 Å². The fourth-order valence-corrected chi connectivity index (χ4v) is 9.53. The number of ether oxygens (including phenoxy) is 3. The number of fused-ring (bicyclic) bond motifs is 3. The first-order valence-corrected chi connectivity index (χ1v) is 19.8. The quantitative estimate of drug-likeness (QED) is 0.110. The second kappa shape index (κ2) is 15.0. The molecule has 0 bridgehead atoms. The Morgan fingerprint density at radius 3 is 1.39 bits per heavy atom. The maximum Gasteiger partial charge on any atom is 0.201 e. The maximum absolute atomic E-state index is 12.3.